The van der Waals surface area contributed by atoms with Crippen LogP contribution < -0.4 is 10.4 Å². The third-order valence-corrected chi connectivity index (χ3v) is 5.14. The standard InChI is InChI=1S/C19H20FN3O2/c1-19(7-8-19)11-23-14-5-4-13(12-6-9-21-15(10-12)25-3)16(20)17(14)22(2)18(23)24/h4-6,9-10H,7-8,11H2,1-3H3. The highest BCUT2D eigenvalue weighted by Gasteiger charge is 2.38. The summed E-state index contributed by atoms with van der Waals surface area (Å²) in [7, 11) is 3.14. The molecule has 25 heavy (non-hydrogen) atoms. The Labute approximate surface area is 144 Å². The van der Waals surface area contributed by atoms with Gasteiger partial charge in [-0.15, -0.1) is 0 Å². The van der Waals surface area contributed by atoms with E-state index in [-0.39, 0.29) is 11.1 Å². The molecule has 0 unspecified atom stereocenters. The largest absolute Gasteiger partial charge is 0.481 e. The van der Waals surface area contributed by atoms with Gasteiger partial charge in [0.15, 0.2) is 5.82 Å². The van der Waals surface area contributed by atoms with Crippen molar-refractivity contribution >= 4 is 11.0 Å². The molecule has 0 amide bonds. The maximum atomic E-state index is 15.3. The molecule has 1 aliphatic rings. The molecule has 5 nitrogen and oxygen atoms in total. The first-order chi connectivity index (χ1) is 11.9. The minimum Gasteiger partial charge on any atom is -0.481 e. The third kappa shape index (κ3) is 2.52. The van der Waals surface area contributed by atoms with Crippen LogP contribution in [0.5, 0.6) is 5.88 Å². The van der Waals surface area contributed by atoms with Gasteiger partial charge >= 0.3 is 5.69 Å². The van der Waals surface area contributed by atoms with E-state index in [2.05, 4.69) is 11.9 Å². The minimum atomic E-state index is -0.398. The molecule has 4 rings (SSSR count). The molecule has 0 spiro atoms. The molecular formula is C19H20FN3O2. The van der Waals surface area contributed by atoms with E-state index in [1.54, 1.807) is 36.0 Å². The lowest BCUT2D eigenvalue weighted by molar-refractivity contribution is 0.398. The van der Waals surface area contributed by atoms with E-state index in [1.165, 1.54) is 11.7 Å². The van der Waals surface area contributed by atoms with Crippen molar-refractivity contribution in [3.05, 3.63) is 46.8 Å². The summed E-state index contributed by atoms with van der Waals surface area (Å²) in [5.41, 5.74) is 2.06. The van der Waals surface area contributed by atoms with Gasteiger partial charge in [0.25, 0.3) is 0 Å². The van der Waals surface area contributed by atoms with E-state index in [1.807, 2.05) is 6.07 Å². The van der Waals surface area contributed by atoms with E-state index in [0.29, 0.717) is 34.6 Å². The van der Waals surface area contributed by atoms with Crippen LogP contribution in [0.1, 0.15) is 19.8 Å². The van der Waals surface area contributed by atoms with Crippen molar-refractivity contribution in [3.63, 3.8) is 0 Å². The lowest BCUT2D eigenvalue weighted by atomic mass is 10.1. The third-order valence-electron chi connectivity index (χ3n) is 5.14. The first-order valence-electron chi connectivity index (χ1n) is 8.32. The highest BCUT2D eigenvalue weighted by Crippen LogP contribution is 2.46. The first kappa shape index (κ1) is 15.9. The fraction of sp³-hybridized carbons (Fsp3) is 0.368. The van der Waals surface area contributed by atoms with Crippen molar-refractivity contribution in [3.8, 4) is 17.0 Å². The lowest BCUT2D eigenvalue weighted by Crippen LogP contribution is -2.25. The fourth-order valence-corrected chi connectivity index (χ4v) is 3.29. The summed E-state index contributed by atoms with van der Waals surface area (Å²) in [4.78, 5) is 16.7. The Morgan fingerprint density at radius 1 is 1.32 bits per heavy atom. The highest BCUT2D eigenvalue weighted by atomic mass is 19.1. The Morgan fingerprint density at radius 2 is 2.08 bits per heavy atom. The van der Waals surface area contributed by atoms with Crippen LogP contribution in [0.4, 0.5) is 4.39 Å². The summed E-state index contributed by atoms with van der Waals surface area (Å²) in [6.07, 6.45) is 3.79. The Hall–Kier alpha value is -2.63. The molecule has 1 fully saturated rings. The van der Waals surface area contributed by atoms with E-state index in [9.17, 15) is 4.79 Å². The summed E-state index contributed by atoms with van der Waals surface area (Å²) >= 11 is 0. The van der Waals surface area contributed by atoms with Gasteiger partial charge in [0.05, 0.1) is 12.6 Å². The SMILES string of the molecule is COc1cc(-c2ccc3c(c2F)n(C)c(=O)n3CC2(C)CC2)ccn1. The van der Waals surface area contributed by atoms with E-state index >= 15 is 4.39 Å². The zero-order chi connectivity index (χ0) is 17.8. The molecule has 0 saturated heterocycles. The van der Waals surface area contributed by atoms with E-state index < -0.39 is 5.82 Å². The van der Waals surface area contributed by atoms with Gasteiger partial charge in [-0.3, -0.25) is 9.13 Å². The smallest absolute Gasteiger partial charge is 0.328 e. The van der Waals surface area contributed by atoms with Gasteiger partial charge in [-0.05, 0) is 42.0 Å². The van der Waals surface area contributed by atoms with Crippen LogP contribution >= 0.6 is 0 Å². The summed E-state index contributed by atoms with van der Waals surface area (Å²) < 4.78 is 23.5. The number of halogens is 1. The summed E-state index contributed by atoms with van der Waals surface area (Å²) in [6.45, 7) is 2.79. The second-order valence-corrected chi connectivity index (χ2v) is 7.12. The van der Waals surface area contributed by atoms with Gasteiger partial charge in [0, 0.05) is 31.4 Å². The molecule has 1 saturated carbocycles. The molecule has 6 heteroatoms. The predicted octanol–water partition coefficient (Wildman–Crippen LogP) is 3.35. The number of benzene rings is 1. The summed E-state index contributed by atoms with van der Waals surface area (Å²) in [5, 5.41) is 0. The van der Waals surface area contributed by atoms with E-state index in [0.717, 1.165) is 12.8 Å². The van der Waals surface area contributed by atoms with E-state index in [4.69, 9.17) is 4.74 Å². The average Bonchev–Trinajstić information content (AvgIpc) is 3.30. The van der Waals surface area contributed by atoms with Crippen LogP contribution in [0.25, 0.3) is 22.2 Å². The van der Waals surface area contributed by atoms with Crippen molar-refractivity contribution in [2.45, 2.75) is 26.3 Å². The Bertz CT molecular complexity index is 1030. The predicted molar refractivity (Wildman–Crippen MR) is 94.3 cm³/mol. The first-order valence-corrected chi connectivity index (χ1v) is 8.32. The van der Waals surface area contributed by atoms with Gasteiger partial charge in [-0.2, -0.15) is 0 Å². The molecular weight excluding hydrogens is 321 g/mol. The monoisotopic (exact) mass is 341 g/mol. The van der Waals surface area contributed by atoms with Crippen LogP contribution in [0.3, 0.4) is 0 Å². The number of hydrogen-bond acceptors (Lipinski definition) is 3. The molecule has 0 bridgehead atoms. The average molecular weight is 341 g/mol. The number of aryl methyl sites for hydroxylation is 1. The maximum Gasteiger partial charge on any atom is 0.328 e. The number of pyridine rings is 1. The number of hydrogen-bond donors (Lipinski definition) is 0. The Kier molecular flexibility index (Phi) is 3.45. The second kappa shape index (κ2) is 5.44. The zero-order valence-electron chi connectivity index (χ0n) is 14.5. The number of ether oxygens (including phenoxy) is 1. The van der Waals surface area contributed by atoms with Crippen LogP contribution in [-0.2, 0) is 13.6 Å². The number of nitrogens with zero attached hydrogens (tertiary/aromatic N) is 3. The molecule has 0 radical (unpaired) electrons. The molecule has 1 aromatic carbocycles. The van der Waals surface area contributed by atoms with Crippen LogP contribution in [0.15, 0.2) is 35.3 Å². The lowest BCUT2D eigenvalue weighted by Gasteiger charge is -2.10. The van der Waals surface area contributed by atoms with Crippen LogP contribution in [0, 0.1) is 11.2 Å². The molecule has 0 aliphatic heterocycles. The van der Waals surface area contributed by atoms with Crippen molar-refractivity contribution in [2.75, 3.05) is 7.11 Å². The van der Waals surface area contributed by atoms with Gasteiger partial charge in [0.1, 0.15) is 5.52 Å². The zero-order valence-corrected chi connectivity index (χ0v) is 14.5. The van der Waals surface area contributed by atoms with Crippen molar-refractivity contribution in [1.82, 2.24) is 14.1 Å². The highest BCUT2D eigenvalue weighted by molar-refractivity contribution is 5.84. The van der Waals surface area contributed by atoms with Gasteiger partial charge in [0.2, 0.25) is 5.88 Å². The molecule has 2 aromatic heterocycles. The second-order valence-electron chi connectivity index (χ2n) is 7.12. The number of imidazole rings is 1. The molecule has 0 atom stereocenters. The fourth-order valence-electron chi connectivity index (χ4n) is 3.29. The molecule has 3 aromatic rings. The quantitative estimate of drug-likeness (QED) is 0.731. The van der Waals surface area contributed by atoms with Crippen LogP contribution in [-0.4, -0.2) is 21.2 Å². The van der Waals surface area contributed by atoms with Crippen molar-refractivity contribution < 1.29 is 9.13 Å². The molecule has 2 heterocycles. The van der Waals surface area contributed by atoms with Gasteiger partial charge in [-0.25, -0.2) is 14.2 Å². The molecule has 1 aliphatic carbocycles. The van der Waals surface area contributed by atoms with Crippen molar-refractivity contribution in [1.29, 1.82) is 0 Å². The topological polar surface area (TPSA) is 49.0 Å². The van der Waals surface area contributed by atoms with Crippen LogP contribution in [0.2, 0.25) is 0 Å². The minimum absolute atomic E-state index is 0.158. The number of aromatic nitrogens is 3. The number of methoxy groups -OCH3 is 1. The molecule has 130 valence electrons. The summed E-state index contributed by atoms with van der Waals surface area (Å²) in [6, 6.07) is 6.96. The normalized spacial score (nSPS) is 15.5. The number of rotatable bonds is 4. The van der Waals surface area contributed by atoms with Crippen molar-refractivity contribution in [2.24, 2.45) is 12.5 Å². The van der Waals surface area contributed by atoms with Gasteiger partial charge < -0.3 is 4.74 Å². The Morgan fingerprint density at radius 3 is 2.76 bits per heavy atom. The van der Waals surface area contributed by atoms with Gasteiger partial charge in [-0.1, -0.05) is 6.92 Å². The molecule has 0 N–H and O–H groups in total. The Balaban J connectivity index is 1.91. The maximum absolute atomic E-state index is 15.3. The summed E-state index contributed by atoms with van der Waals surface area (Å²) in [5.74, 6) is 0.0233. The number of fused-ring (bicyclic) bond motifs is 1.